The van der Waals surface area contributed by atoms with Crippen LogP contribution in [0.3, 0.4) is 0 Å². The molecule has 3 aromatic rings. The molecule has 0 radical (unpaired) electrons. The molecule has 0 spiro atoms. The average molecular weight is 420 g/mol. The molecule has 30 heavy (non-hydrogen) atoms. The Morgan fingerprint density at radius 3 is 2.70 bits per heavy atom. The van der Waals surface area contributed by atoms with Crippen molar-refractivity contribution in [2.75, 3.05) is 5.32 Å². The van der Waals surface area contributed by atoms with E-state index in [4.69, 9.17) is 10.00 Å². The standard InChI is InChI=1S/C24H25N3O2S/c1-16-10-20(29-14-18-7-5-6-17(11-18)13-25)8-9-21(16)27-22(28)12-19-15-30-23(26-19)24(2,3)4/h5-11,15H,12,14H2,1-4H3,(H,27,28). The Bertz CT molecular complexity index is 1090. The van der Waals surface area contributed by atoms with Crippen molar-refractivity contribution < 1.29 is 9.53 Å². The first-order valence-electron chi connectivity index (χ1n) is 9.72. The molecule has 154 valence electrons. The third-order valence-electron chi connectivity index (χ3n) is 4.47. The van der Waals surface area contributed by atoms with Crippen LogP contribution in [0.5, 0.6) is 5.75 Å². The summed E-state index contributed by atoms with van der Waals surface area (Å²) in [6, 6.07) is 15.0. The van der Waals surface area contributed by atoms with Crippen molar-refractivity contribution >= 4 is 22.9 Å². The largest absolute Gasteiger partial charge is 0.489 e. The molecule has 1 N–H and O–H groups in total. The van der Waals surface area contributed by atoms with Crippen molar-refractivity contribution in [3.05, 3.63) is 75.2 Å². The summed E-state index contributed by atoms with van der Waals surface area (Å²) < 4.78 is 5.83. The van der Waals surface area contributed by atoms with Crippen LogP contribution in [0.1, 0.15) is 48.2 Å². The van der Waals surface area contributed by atoms with Crippen molar-refractivity contribution in [3.8, 4) is 11.8 Å². The van der Waals surface area contributed by atoms with Crippen LogP contribution in [-0.2, 0) is 23.2 Å². The van der Waals surface area contributed by atoms with Gasteiger partial charge in [0.05, 0.1) is 28.8 Å². The van der Waals surface area contributed by atoms with E-state index in [9.17, 15) is 4.79 Å². The summed E-state index contributed by atoms with van der Waals surface area (Å²) in [4.78, 5) is 17.0. The number of carbonyl (C=O) groups is 1. The monoisotopic (exact) mass is 419 g/mol. The number of nitrogens with one attached hydrogen (secondary N) is 1. The fourth-order valence-corrected chi connectivity index (χ4v) is 3.76. The van der Waals surface area contributed by atoms with Gasteiger partial charge in [-0.15, -0.1) is 11.3 Å². The normalized spacial score (nSPS) is 11.0. The number of carbonyl (C=O) groups excluding carboxylic acids is 1. The first kappa shape index (κ1) is 21.5. The number of benzene rings is 2. The molecule has 1 amide bonds. The Kier molecular flexibility index (Phi) is 6.53. The van der Waals surface area contributed by atoms with E-state index in [0.29, 0.717) is 17.9 Å². The SMILES string of the molecule is Cc1cc(OCc2cccc(C#N)c2)ccc1NC(=O)Cc1csc(C(C)(C)C)n1. The first-order valence-corrected chi connectivity index (χ1v) is 10.6. The smallest absolute Gasteiger partial charge is 0.230 e. The molecule has 0 fully saturated rings. The van der Waals surface area contributed by atoms with Gasteiger partial charge in [0.25, 0.3) is 0 Å². The second-order valence-electron chi connectivity index (χ2n) is 8.20. The van der Waals surface area contributed by atoms with Crippen LogP contribution in [0.25, 0.3) is 0 Å². The summed E-state index contributed by atoms with van der Waals surface area (Å²) in [5.41, 5.74) is 3.99. The molecule has 1 aromatic heterocycles. The Labute approximate surface area is 181 Å². The van der Waals surface area contributed by atoms with E-state index >= 15 is 0 Å². The number of aryl methyl sites for hydroxylation is 1. The molecule has 3 rings (SSSR count). The quantitative estimate of drug-likeness (QED) is 0.582. The third kappa shape index (κ3) is 5.68. The number of nitriles is 1. The van der Waals surface area contributed by atoms with E-state index in [1.165, 1.54) is 0 Å². The highest BCUT2D eigenvalue weighted by Crippen LogP contribution is 2.26. The van der Waals surface area contributed by atoms with Gasteiger partial charge in [-0.2, -0.15) is 5.26 Å². The third-order valence-corrected chi connectivity index (χ3v) is 5.79. The average Bonchev–Trinajstić information content (AvgIpc) is 3.17. The summed E-state index contributed by atoms with van der Waals surface area (Å²) in [6.45, 7) is 8.65. The van der Waals surface area contributed by atoms with Crippen LogP contribution >= 0.6 is 11.3 Å². The molecule has 0 aliphatic rings. The minimum Gasteiger partial charge on any atom is -0.489 e. The number of amides is 1. The molecule has 0 aliphatic carbocycles. The van der Waals surface area contributed by atoms with Crippen LogP contribution in [0.4, 0.5) is 5.69 Å². The zero-order valence-corrected chi connectivity index (χ0v) is 18.5. The number of hydrogen-bond donors (Lipinski definition) is 1. The van der Waals surface area contributed by atoms with Gasteiger partial charge in [-0.3, -0.25) is 4.79 Å². The Morgan fingerprint density at radius 1 is 1.23 bits per heavy atom. The molecule has 0 saturated heterocycles. The molecule has 0 saturated carbocycles. The van der Waals surface area contributed by atoms with Gasteiger partial charge in [-0.1, -0.05) is 32.9 Å². The molecule has 0 atom stereocenters. The summed E-state index contributed by atoms with van der Waals surface area (Å²) in [5.74, 6) is 0.619. The van der Waals surface area contributed by atoms with Crippen molar-refractivity contribution in [1.29, 1.82) is 5.26 Å². The van der Waals surface area contributed by atoms with Crippen LogP contribution in [0.2, 0.25) is 0 Å². The lowest BCUT2D eigenvalue weighted by molar-refractivity contribution is -0.115. The predicted octanol–water partition coefficient (Wildman–Crippen LogP) is 5.38. The molecule has 5 nitrogen and oxygen atoms in total. The fraction of sp³-hybridized carbons (Fsp3) is 0.292. The van der Waals surface area contributed by atoms with Gasteiger partial charge in [-0.05, 0) is 48.4 Å². The minimum atomic E-state index is -0.0918. The maximum Gasteiger partial charge on any atom is 0.230 e. The number of rotatable bonds is 6. The molecule has 2 aromatic carbocycles. The number of nitrogens with zero attached hydrogens (tertiary/aromatic N) is 2. The number of anilines is 1. The maximum atomic E-state index is 12.4. The van der Waals surface area contributed by atoms with Crippen molar-refractivity contribution in [2.24, 2.45) is 0 Å². The van der Waals surface area contributed by atoms with Gasteiger partial charge in [0.1, 0.15) is 12.4 Å². The van der Waals surface area contributed by atoms with Gasteiger partial charge < -0.3 is 10.1 Å². The molecule has 0 aliphatic heterocycles. The second-order valence-corrected chi connectivity index (χ2v) is 9.05. The lowest BCUT2D eigenvalue weighted by Crippen LogP contribution is -2.16. The molecule has 6 heteroatoms. The topological polar surface area (TPSA) is 75.0 Å². The van der Waals surface area contributed by atoms with Crippen LogP contribution in [-0.4, -0.2) is 10.9 Å². The van der Waals surface area contributed by atoms with Gasteiger partial charge in [0.2, 0.25) is 5.91 Å². The Balaban J connectivity index is 1.59. The summed E-state index contributed by atoms with van der Waals surface area (Å²) >= 11 is 1.59. The molecular formula is C24H25N3O2S. The summed E-state index contributed by atoms with van der Waals surface area (Å²) in [6.07, 6.45) is 0.250. The minimum absolute atomic E-state index is 0.0122. The number of thiazole rings is 1. The lowest BCUT2D eigenvalue weighted by Gasteiger charge is -2.13. The highest BCUT2D eigenvalue weighted by molar-refractivity contribution is 7.09. The second kappa shape index (κ2) is 9.10. The molecule has 0 bridgehead atoms. The van der Waals surface area contributed by atoms with Crippen LogP contribution in [0.15, 0.2) is 47.8 Å². The lowest BCUT2D eigenvalue weighted by atomic mass is 9.98. The van der Waals surface area contributed by atoms with Crippen LogP contribution in [0, 0.1) is 18.3 Å². The highest BCUT2D eigenvalue weighted by Gasteiger charge is 2.19. The number of ether oxygens (including phenoxy) is 1. The van der Waals surface area contributed by atoms with E-state index in [2.05, 4.69) is 37.1 Å². The van der Waals surface area contributed by atoms with Crippen molar-refractivity contribution in [3.63, 3.8) is 0 Å². The Morgan fingerprint density at radius 2 is 2.03 bits per heavy atom. The number of hydrogen-bond acceptors (Lipinski definition) is 5. The first-order chi connectivity index (χ1) is 14.2. The zero-order valence-electron chi connectivity index (χ0n) is 17.7. The number of aromatic nitrogens is 1. The predicted molar refractivity (Wildman–Crippen MR) is 120 cm³/mol. The molecular weight excluding hydrogens is 394 g/mol. The highest BCUT2D eigenvalue weighted by atomic mass is 32.1. The zero-order chi connectivity index (χ0) is 21.7. The van der Waals surface area contributed by atoms with Gasteiger partial charge >= 0.3 is 0 Å². The van der Waals surface area contributed by atoms with Gasteiger partial charge in [0, 0.05) is 16.5 Å². The van der Waals surface area contributed by atoms with Gasteiger partial charge in [0.15, 0.2) is 0 Å². The Hall–Kier alpha value is -3.17. The summed E-state index contributed by atoms with van der Waals surface area (Å²) in [5, 5.41) is 14.9. The van der Waals surface area contributed by atoms with E-state index in [1.54, 1.807) is 17.4 Å². The van der Waals surface area contributed by atoms with Gasteiger partial charge in [-0.25, -0.2) is 4.98 Å². The van der Waals surface area contributed by atoms with E-state index in [-0.39, 0.29) is 17.7 Å². The fourth-order valence-electron chi connectivity index (χ4n) is 2.86. The maximum absolute atomic E-state index is 12.4. The van der Waals surface area contributed by atoms with E-state index in [1.807, 2.05) is 48.7 Å². The van der Waals surface area contributed by atoms with Crippen molar-refractivity contribution in [2.45, 2.75) is 46.1 Å². The van der Waals surface area contributed by atoms with E-state index < -0.39 is 0 Å². The van der Waals surface area contributed by atoms with Crippen molar-refractivity contribution in [1.82, 2.24) is 4.98 Å². The van der Waals surface area contributed by atoms with E-state index in [0.717, 1.165) is 27.5 Å². The summed E-state index contributed by atoms with van der Waals surface area (Å²) in [7, 11) is 0. The molecule has 0 unspecified atom stereocenters. The molecule has 1 heterocycles. The van der Waals surface area contributed by atoms with Crippen LogP contribution < -0.4 is 10.1 Å².